The summed E-state index contributed by atoms with van der Waals surface area (Å²) in [5.41, 5.74) is 1.71. The molecule has 98 valence electrons. The second-order valence-corrected chi connectivity index (χ2v) is 8.14. The van der Waals surface area contributed by atoms with Crippen LogP contribution in [-0.4, -0.2) is 16.8 Å². The Morgan fingerprint density at radius 3 is 2.44 bits per heavy atom. The summed E-state index contributed by atoms with van der Waals surface area (Å²) in [6, 6.07) is 10.8. The molecule has 0 N–H and O–H groups in total. The normalized spacial score (nSPS) is 24.8. The summed E-state index contributed by atoms with van der Waals surface area (Å²) < 4.78 is 0. The van der Waals surface area contributed by atoms with Crippen molar-refractivity contribution in [3.05, 3.63) is 42.0 Å². The fourth-order valence-corrected chi connectivity index (χ4v) is 4.58. The third-order valence-electron chi connectivity index (χ3n) is 3.06. The first-order chi connectivity index (χ1) is 8.57. The second kappa shape index (κ2) is 6.21. The first kappa shape index (κ1) is 14.1. The Morgan fingerprint density at radius 1 is 1.06 bits per heavy atom. The van der Waals surface area contributed by atoms with Crippen LogP contribution < -0.4 is 0 Å². The predicted octanol–water partition coefficient (Wildman–Crippen LogP) is 5.31. The van der Waals surface area contributed by atoms with E-state index in [-0.39, 0.29) is 0 Å². The second-order valence-electron chi connectivity index (χ2n) is 5.76. The Bertz CT molecular complexity index is 401. The molecule has 0 spiro atoms. The van der Waals surface area contributed by atoms with Crippen LogP contribution in [0.25, 0.3) is 4.91 Å². The molecule has 2 rings (SSSR count). The van der Waals surface area contributed by atoms with Crippen molar-refractivity contribution in [2.24, 2.45) is 5.41 Å². The predicted molar refractivity (Wildman–Crippen MR) is 87.2 cm³/mol. The fraction of sp³-hybridized carbons (Fsp3) is 0.500. The van der Waals surface area contributed by atoms with E-state index in [4.69, 9.17) is 0 Å². The first-order valence-electron chi connectivity index (χ1n) is 6.59. The van der Waals surface area contributed by atoms with Gasteiger partial charge >= 0.3 is 0 Å². The summed E-state index contributed by atoms with van der Waals surface area (Å²) in [5, 5.41) is 0.612. The Labute approximate surface area is 120 Å². The summed E-state index contributed by atoms with van der Waals surface area (Å²) in [6.07, 6.45) is 3.80. The van der Waals surface area contributed by atoms with Gasteiger partial charge in [0.1, 0.15) is 0 Å². The highest BCUT2D eigenvalue weighted by molar-refractivity contribution is 8.08. The summed E-state index contributed by atoms with van der Waals surface area (Å²) in [5.74, 6) is 2.53. The molecule has 0 nitrogen and oxygen atoms in total. The lowest BCUT2D eigenvalue weighted by Gasteiger charge is -2.30. The molecule has 0 saturated heterocycles. The highest BCUT2D eigenvalue weighted by atomic mass is 32.2. The molecule has 1 unspecified atom stereocenters. The van der Waals surface area contributed by atoms with E-state index < -0.39 is 0 Å². The van der Waals surface area contributed by atoms with Crippen molar-refractivity contribution in [3.63, 3.8) is 0 Å². The van der Waals surface area contributed by atoms with Crippen molar-refractivity contribution >= 4 is 28.4 Å². The van der Waals surface area contributed by atoms with E-state index in [1.807, 2.05) is 11.8 Å². The maximum Gasteiger partial charge on any atom is 0.0289 e. The molecule has 1 atom stereocenters. The van der Waals surface area contributed by atoms with Crippen LogP contribution in [-0.2, 0) is 0 Å². The molecular formula is C16H22S2. The van der Waals surface area contributed by atoms with E-state index in [0.29, 0.717) is 10.7 Å². The quantitative estimate of drug-likeness (QED) is 0.682. The first-order valence-corrected chi connectivity index (χ1v) is 8.62. The Balaban J connectivity index is 2.30. The van der Waals surface area contributed by atoms with E-state index in [1.165, 1.54) is 28.4 Å². The summed E-state index contributed by atoms with van der Waals surface area (Å²) >= 11 is 4.13. The molecule has 1 aliphatic heterocycles. The molecule has 0 bridgehead atoms. The number of hydrogen-bond donors (Lipinski definition) is 0. The maximum atomic E-state index is 2.49. The largest absolute Gasteiger partial charge is 0.154 e. The third kappa shape index (κ3) is 3.83. The molecule has 0 aliphatic carbocycles. The van der Waals surface area contributed by atoms with E-state index in [0.717, 1.165) is 0 Å². The van der Waals surface area contributed by atoms with Gasteiger partial charge in [0.05, 0.1) is 0 Å². The van der Waals surface area contributed by atoms with Gasteiger partial charge in [-0.25, -0.2) is 0 Å². The van der Waals surface area contributed by atoms with E-state index in [2.05, 4.69) is 68.9 Å². The van der Waals surface area contributed by atoms with Gasteiger partial charge in [-0.2, -0.15) is 11.8 Å². The molecule has 1 aromatic rings. The van der Waals surface area contributed by atoms with Crippen molar-refractivity contribution < 1.29 is 0 Å². The number of benzene rings is 1. The van der Waals surface area contributed by atoms with Gasteiger partial charge in [-0.15, -0.1) is 11.8 Å². The van der Waals surface area contributed by atoms with Gasteiger partial charge in [0.2, 0.25) is 0 Å². The van der Waals surface area contributed by atoms with Crippen molar-refractivity contribution in [3.8, 4) is 0 Å². The van der Waals surface area contributed by atoms with Crippen molar-refractivity contribution in [1.29, 1.82) is 0 Å². The van der Waals surface area contributed by atoms with Crippen LogP contribution in [0.3, 0.4) is 0 Å². The monoisotopic (exact) mass is 278 g/mol. The van der Waals surface area contributed by atoms with Gasteiger partial charge in [-0.05, 0) is 28.9 Å². The summed E-state index contributed by atoms with van der Waals surface area (Å²) in [4.78, 5) is 1.46. The molecule has 1 heterocycles. The van der Waals surface area contributed by atoms with Crippen LogP contribution >= 0.6 is 23.5 Å². The standard InChI is InChI=1S/C16H22S2/c1-16(2,3)15-12-14(17-10-7-11-18-15)13-8-5-4-6-9-13/h4-6,8-9,12,15H,7,10-11H2,1-3H3/b14-12-. The zero-order chi connectivity index (χ0) is 13.0. The number of hydrogen-bond acceptors (Lipinski definition) is 2. The molecule has 0 aromatic heterocycles. The van der Waals surface area contributed by atoms with Gasteiger partial charge < -0.3 is 0 Å². The fourth-order valence-electron chi connectivity index (χ4n) is 1.97. The van der Waals surface area contributed by atoms with Crippen molar-refractivity contribution in [2.75, 3.05) is 11.5 Å². The van der Waals surface area contributed by atoms with Gasteiger partial charge in [0.15, 0.2) is 0 Å². The third-order valence-corrected chi connectivity index (χ3v) is 5.96. The van der Waals surface area contributed by atoms with E-state index >= 15 is 0 Å². The SMILES string of the molecule is CC(C)(C)C1/C=C(/c2ccccc2)SCCCS1. The minimum atomic E-state index is 0.336. The van der Waals surface area contributed by atoms with Crippen LogP contribution in [0, 0.1) is 5.41 Å². The van der Waals surface area contributed by atoms with E-state index in [1.54, 1.807) is 0 Å². The number of rotatable bonds is 1. The zero-order valence-electron chi connectivity index (χ0n) is 11.5. The Hall–Kier alpha value is -0.340. The Kier molecular flexibility index (Phi) is 4.85. The Morgan fingerprint density at radius 2 is 1.78 bits per heavy atom. The molecule has 1 aromatic carbocycles. The summed E-state index contributed by atoms with van der Waals surface area (Å²) in [6.45, 7) is 7.03. The van der Waals surface area contributed by atoms with E-state index in [9.17, 15) is 0 Å². The molecule has 18 heavy (non-hydrogen) atoms. The van der Waals surface area contributed by atoms with Crippen LogP contribution in [0.4, 0.5) is 0 Å². The maximum absolute atomic E-state index is 2.49. The molecule has 1 aliphatic rings. The number of thioether (sulfide) groups is 2. The molecule has 0 saturated carbocycles. The van der Waals surface area contributed by atoms with Crippen LogP contribution in [0.15, 0.2) is 36.4 Å². The average Bonchev–Trinajstić information content (AvgIpc) is 2.28. The minimum absolute atomic E-state index is 0.336. The van der Waals surface area contributed by atoms with Crippen LogP contribution in [0.5, 0.6) is 0 Å². The van der Waals surface area contributed by atoms with Crippen LogP contribution in [0.1, 0.15) is 32.8 Å². The smallest absolute Gasteiger partial charge is 0.0289 e. The van der Waals surface area contributed by atoms with Gasteiger partial charge in [0, 0.05) is 10.2 Å². The summed E-state index contributed by atoms with van der Waals surface area (Å²) in [7, 11) is 0. The van der Waals surface area contributed by atoms with Gasteiger partial charge in [-0.1, -0.05) is 57.2 Å². The van der Waals surface area contributed by atoms with Crippen molar-refractivity contribution in [2.45, 2.75) is 32.4 Å². The minimum Gasteiger partial charge on any atom is -0.154 e. The lowest BCUT2D eigenvalue weighted by atomic mass is 9.91. The average molecular weight is 278 g/mol. The molecule has 0 radical (unpaired) electrons. The molecule has 2 heteroatoms. The molecule has 0 amide bonds. The zero-order valence-corrected chi connectivity index (χ0v) is 13.1. The topological polar surface area (TPSA) is 0 Å². The molecule has 0 fully saturated rings. The lowest BCUT2D eigenvalue weighted by Crippen LogP contribution is -2.22. The van der Waals surface area contributed by atoms with Crippen LogP contribution in [0.2, 0.25) is 0 Å². The van der Waals surface area contributed by atoms with Gasteiger partial charge in [0.25, 0.3) is 0 Å². The molecular weight excluding hydrogens is 256 g/mol. The lowest BCUT2D eigenvalue weighted by molar-refractivity contribution is 0.433. The highest BCUT2D eigenvalue weighted by Crippen LogP contribution is 2.39. The highest BCUT2D eigenvalue weighted by Gasteiger charge is 2.24. The van der Waals surface area contributed by atoms with Crippen molar-refractivity contribution in [1.82, 2.24) is 0 Å². The van der Waals surface area contributed by atoms with Gasteiger partial charge in [-0.3, -0.25) is 0 Å².